The molecule has 3 atom stereocenters. The van der Waals surface area contributed by atoms with Crippen molar-refractivity contribution in [3.05, 3.63) is 0 Å². The fourth-order valence-electron chi connectivity index (χ4n) is 2.60. The molecule has 0 spiro atoms. The SMILES string of the molecule is COC1CCN(C[C@@H]2CNC[C@H]2C)C1. The highest BCUT2D eigenvalue weighted by molar-refractivity contribution is 4.84. The molecule has 2 fully saturated rings. The summed E-state index contributed by atoms with van der Waals surface area (Å²) in [4.78, 5) is 2.56. The maximum absolute atomic E-state index is 5.38. The molecule has 14 heavy (non-hydrogen) atoms. The van der Waals surface area contributed by atoms with E-state index in [2.05, 4.69) is 17.1 Å². The minimum atomic E-state index is 0.486. The normalized spacial score (nSPS) is 39.4. The molecule has 0 saturated carbocycles. The van der Waals surface area contributed by atoms with Crippen LogP contribution in [0.15, 0.2) is 0 Å². The highest BCUT2D eigenvalue weighted by atomic mass is 16.5. The molecular weight excluding hydrogens is 176 g/mol. The standard InChI is InChI=1S/C11H22N2O/c1-9-5-12-6-10(9)7-13-4-3-11(8-13)14-2/h9-12H,3-8H2,1-2H3/t9-,10+,11?/m1/s1. The number of rotatable bonds is 3. The molecule has 82 valence electrons. The van der Waals surface area contributed by atoms with Crippen molar-refractivity contribution in [1.82, 2.24) is 10.2 Å². The Bertz CT molecular complexity index is 186. The number of methoxy groups -OCH3 is 1. The fraction of sp³-hybridized carbons (Fsp3) is 1.00. The smallest absolute Gasteiger partial charge is 0.0710 e. The summed E-state index contributed by atoms with van der Waals surface area (Å²) in [6, 6.07) is 0. The van der Waals surface area contributed by atoms with Crippen LogP contribution in [0.2, 0.25) is 0 Å². The van der Waals surface area contributed by atoms with Crippen LogP contribution in [0.1, 0.15) is 13.3 Å². The Morgan fingerprint density at radius 2 is 2.29 bits per heavy atom. The lowest BCUT2D eigenvalue weighted by molar-refractivity contribution is 0.105. The van der Waals surface area contributed by atoms with E-state index >= 15 is 0 Å². The Kier molecular flexibility index (Phi) is 3.42. The highest BCUT2D eigenvalue weighted by Crippen LogP contribution is 2.20. The first-order valence-electron chi connectivity index (χ1n) is 5.75. The summed E-state index contributed by atoms with van der Waals surface area (Å²) in [7, 11) is 1.83. The molecule has 0 aromatic carbocycles. The van der Waals surface area contributed by atoms with E-state index in [0.29, 0.717) is 6.10 Å². The number of hydrogen-bond donors (Lipinski definition) is 1. The van der Waals surface area contributed by atoms with Gasteiger partial charge in [-0.25, -0.2) is 0 Å². The average Bonchev–Trinajstić information content (AvgIpc) is 2.77. The second kappa shape index (κ2) is 4.60. The molecule has 0 aromatic heterocycles. The van der Waals surface area contributed by atoms with E-state index in [4.69, 9.17) is 4.74 Å². The van der Waals surface area contributed by atoms with Crippen LogP contribution >= 0.6 is 0 Å². The van der Waals surface area contributed by atoms with Gasteiger partial charge in [-0.05, 0) is 31.3 Å². The zero-order valence-electron chi connectivity index (χ0n) is 9.33. The highest BCUT2D eigenvalue weighted by Gasteiger charge is 2.28. The Labute approximate surface area is 86.8 Å². The largest absolute Gasteiger partial charge is 0.380 e. The third-order valence-electron chi connectivity index (χ3n) is 3.73. The van der Waals surface area contributed by atoms with Crippen LogP contribution in [0.4, 0.5) is 0 Å². The quantitative estimate of drug-likeness (QED) is 0.717. The van der Waals surface area contributed by atoms with Crippen molar-refractivity contribution in [2.24, 2.45) is 11.8 Å². The lowest BCUT2D eigenvalue weighted by atomic mass is 9.98. The van der Waals surface area contributed by atoms with Gasteiger partial charge in [-0.3, -0.25) is 0 Å². The number of nitrogens with zero attached hydrogens (tertiary/aromatic N) is 1. The van der Waals surface area contributed by atoms with Crippen molar-refractivity contribution in [2.45, 2.75) is 19.4 Å². The van der Waals surface area contributed by atoms with E-state index in [1.165, 1.54) is 32.6 Å². The number of hydrogen-bond acceptors (Lipinski definition) is 3. The van der Waals surface area contributed by atoms with Gasteiger partial charge >= 0.3 is 0 Å². The molecule has 0 aliphatic carbocycles. The summed E-state index contributed by atoms with van der Waals surface area (Å²) in [6.07, 6.45) is 1.70. The van der Waals surface area contributed by atoms with Crippen molar-refractivity contribution in [3.63, 3.8) is 0 Å². The second-order valence-corrected chi connectivity index (χ2v) is 4.80. The van der Waals surface area contributed by atoms with Gasteiger partial charge in [0.25, 0.3) is 0 Å². The van der Waals surface area contributed by atoms with Crippen LogP contribution in [-0.2, 0) is 4.74 Å². The monoisotopic (exact) mass is 198 g/mol. The number of likely N-dealkylation sites (tertiary alicyclic amines) is 1. The van der Waals surface area contributed by atoms with Crippen LogP contribution < -0.4 is 5.32 Å². The van der Waals surface area contributed by atoms with Gasteiger partial charge in [0, 0.05) is 26.7 Å². The van der Waals surface area contributed by atoms with Gasteiger partial charge in [0.2, 0.25) is 0 Å². The van der Waals surface area contributed by atoms with Crippen LogP contribution in [-0.4, -0.2) is 50.8 Å². The molecular formula is C11H22N2O. The number of ether oxygens (including phenoxy) is 1. The molecule has 3 heteroatoms. The summed E-state index contributed by atoms with van der Waals surface area (Å²) in [5, 5.41) is 3.46. The van der Waals surface area contributed by atoms with Crippen molar-refractivity contribution in [1.29, 1.82) is 0 Å². The third-order valence-corrected chi connectivity index (χ3v) is 3.73. The van der Waals surface area contributed by atoms with E-state index in [-0.39, 0.29) is 0 Å². The summed E-state index contributed by atoms with van der Waals surface area (Å²) in [5.74, 6) is 1.70. The fourth-order valence-corrected chi connectivity index (χ4v) is 2.60. The lowest BCUT2D eigenvalue weighted by Crippen LogP contribution is -2.31. The van der Waals surface area contributed by atoms with E-state index in [9.17, 15) is 0 Å². The van der Waals surface area contributed by atoms with Gasteiger partial charge in [-0.1, -0.05) is 6.92 Å². The molecule has 2 aliphatic rings. The molecule has 3 nitrogen and oxygen atoms in total. The Morgan fingerprint density at radius 1 is 1.43 bits per heavy atom. The molecule has 2 aliphatic heterocycles. The van der Waals surface area contributed by atoms with Gasteiger partial charge in [-0.15, -0.1) is 0 Å². The predicted octanol–water partition coefficient (Wildman–Crippen LogP) is 0.563. The zero-order chi connectivity index (χ0) is 9.97. The molecule has 2 saturated heterocycles. The molecule has 2 rings (SSSR count). The van der Waals surface area contributed by atoms with E-state index < -0.39 is 0 Å². The van der Waals surface area contributed by atoms with Crippen LogP contribution in [0.5, 0.6) is 0 Å². The Morgan fingerprint density at radius 3 is 2.86 bits per heavy atom. The number of nitrogens with one attached hydrogen (secondary N) is 1. The molecule has 1 unspecified atom stereocenters. The molecule has 0 aromatic rings. The van der Waals surface area contributed by atoms with Gasteiger partial charge in [0.05, 0.1) is 6.10 Å². The zero-order valence-corrected chi connectivity index (χ0v) is 9.33. The minimum Gasteiger partial charge on any atom is -0.380 e. The third kappa shape index (κ3) is 2.27. The molecule has 1 N–H and O–H groups in total. The van der Waals surface area contributed by atoms with Gasteiger partial charge in [0.15, 0.2) is 0 Å². The molecule has 0 bridgehead atoms. The summed E-state index contributed by atoms with van der Waals surface area (Å²) in [6.45, 7) is 8.38. The predicted molar refractivity (Wildman–Crippen MR) is 57.4 cm³/mol. The molecule has 0 radical (unpaired) electrons. The molecule has 0 amide bonds. The average molecular weight is 198 g/mol. The van der Waals surface area contributed by atoms with Gasteiger partial charge < -0.3 is 15.0 Å². The van der Waals surface area contributed by atoms with Crippen LogP contribution in [0.3, 0.4) is 0 Å². The van der Waals surface area contributed by atoms with Crippen molar-refractivity contribution < 1.29 is 4.74 Å². The van der Waals surface area contributed by atoms with E-state index in [1.807, 2.05) is 7.11 Å². The van der Waals surface area contributed by atoms with Crippen molar-refractivity contribution in [3.8, 4) is 0 Å². The van der Waals surface area contributed by atoms with E-state index in [0.717, 1.165) is 18.4 Å². The van der Waals surface area contributed by atoms with Gasteiger partial charge in [0.1, 0.15) is 0 Å². The maximum atomic E-state index is 5.38. The van der Waals surface area contributed by atoms with Crippen molar-refractivity contribution >= 4 is 0 Å². The Balaban J connectivity index is 1.75. The first-order chi connectivity index (χ1) is 6.79. The first-order valence-corrected chi connectivity index (χ1v) is 5.75. The molecule has 2 heterocycles. The Hall–Kier alpha value is -0.120. The van der Waals surface area contributed by atoms with Crippen LogP contribution in [0.25, 0.3) is 0 Å². The van der Waals surface area contributed by atoms with Crippen molar-refractivity contribution in [2.75, 3.05) is 39.8 Å². The lowest BCUT2D eigenvalue weighted by Gasteiger charge is -2.22. The summed E-state index contributed by atoms with van der Waals surface area (Å²) >= 11 is 0. The summed E-state index contributed by atoms with van der Waals surface area (Å²) < 4.78 is 5.38. The van der Waals surface area contributed by atoms with Crippen LogP contribution in [0, 0.1) is 11.8 Å². The van der Waals surface area contributed by atoms with Gasteiger partial charge in [-0.2, -0.15) is 0 Å². The maximum Gasteiger partial charge on any atom is 0.0710 e. The minimum absolute atomic E-state index is 0.486. The first kappa shape index (κ1) is 10.4. The summed E-state index contributed by atoms with van der Waals surface area (Å²) in [5.41, 5.74) is 0. The van der Waals surface area contributed by atoms with E-state index in [1.54, 1.807) is 0 Å². The topological polar surface area (TPSA) is 24.5 Å². The second-order valence-electron chi connectivity index (χ2n) is 4.80.